The molecule has 0 aliphatic rings. The SMILES string of the molecule is COCCS(=O)CC(N)c1ccc(C)c(C)c1. The zero-order valence-electron chi connectivity index (χ0n) is 10.7. The van der Waals surface area contributed by atoms with Gasteiger partial charge in [0.15, 0.2) is 0 Å². The number of ether oxygens (including phenoxy) is 1. The summed E-state index contributed by atoms with van der Waals surface area (Å²) in [6, 6.07) is 5.99. The molecule has 0 aliphatic carbocycles. The molecule has 0 heterocycles. The number of hydrogen-bond donors (Lipinski definition) is 1. The molecule has 2 atom stereocenters. The summed E-state index contributed by atoms with van der Waals surface area (Å²) < 4.78 is 16.6. The van der Waals surface area contributed by atoms with Crippen molar-refractivity contribution in [2.75, 3.05) is 25.2 Å². The van der Waals surface area contributed by atoms with Gasteiger partial charge in [-0.2, -0.15) is 0 Å². The van der Waals surface area contributed by atoms with Crippen LogP contribution < -0.4 is 5.73 Å². The Morgan fingerprint density at radius 2 is 2.06 bits per heavy atom. The minimum absolute atomic E-state index is 0.160. The van der Waals surface area contributed by atoms with Crippen LogP contribution in [0.25, 0.3) is 0 Å². The quantitative estimate of drug-likeness (QED) is 0.841. The first-order chi connectivity index (χ1) is 8.04. The van der Waals surface area contributed by atoms with Gasteiger partial charge in [-0.25, -0.2) is 0 Å². The van der Waals surface area contributed by atoms with Crippen LogP contribution in [-0.4, -0.2) is 29.4 Å². The third-order valence-corrected chi connectivity index (χ3v) is 4.19. The number of methoxy groups -OCH3 is 1. The summed E-state index contributed by atoms with van der Waals surface area (Å²) in [4.78, 5) is 0. The van der Waals surface area contributed by atoms with Crippen LogP contribution in [0.1, 0.15) is 22.7 Å². The van der Waals surface area contributed by atoms with Crippen molar-refractivity contribution in [2.24, 2.45) is 5.73 Å². The van der Waals surface area contributed by atoms with Gasteiger partial charge in [0.05, 0.1) is 6.61 Å². The Labute approximate surface area is 106 Å². The van der Waals surface area contributed by atoms with Gasteiger partial charge in [-0.05, 0) is 30.5 Å². The highest BCUT2D eigenvalue weighted by Crippen LogP contribution is 2.16. The first-order valence-corrected chi connectivity index (χ1v) is 7.20. The van der Waals surface area contributed by atoms with Crippen molar-refractivity contribution in [2.45, 2.75) is 19.9 Å². The van der Waals surface area contributed by atoms with E-state index in [0.29, 0.717) is 18.1 Å². The summed E-state index contributed by atoms with van der Waals surface area (Å²) in [5.74, 6) is 1.04. The second kappa shape index (κ2) is 6.89. The van der Waals surface area contributed by atoms with Gasteiger partial charge < -0.3 is 10.5 Å². The first-order valence-electron chi connectivity index (χ1n) is 5.71. The van der Waals surface area contributed by atoms with Crippen molar-refractivity contribution >= 4 is 10.8 Å². The minimum Gasteiger partial charge on any atom is -0.384 e. The van der Waals surface area contributed by atoms with Gasteiger partial charge in [-0.15, -0.1) is 0 Å². The maximum atomic E-state index is 11.7. The summed E-state index contributed by atoms with van der Waals surface area (Å²) in [6.45, 7) is 4.65. The standard InChI is InChI=1S/C13H21NO2S/c1-10-4-5-12(8-11(10)2)13(14)9-17(15)7-6-16-3/h4-5,8,13H,6-7,9,14H2,1-3H3. The number of hydrogen-bond acceptors (Lipinski definition) is 3. The Bertz CT molecular complexity index is 393. The molecule has 0 saturated carbocycles. The highest BCUT2D eigenvalue weighted by molar-refractivity contribution is 7.85. The van der Waals surface area contributed by atoms with Crippen LogP contribution in [0.15, 0.2) is 18.2 Å². The second-order valence-electron chi connectivity index (χ2n) is 4.25. The monoisotopic (exact) mass is 255 g/mol. The lowest BCUT2D eigenvalue weighted by Crippen LogP contribution is -2.21. The van der Waals surface area contributed by atoms with Gasteiger partial charge in [0.2, 0.25) is 0 Å². The summed E-state index contributed by atoms with van der Waals surface area (Å²) in [7, 11) is 0.699. The van der Waals surface area contributed by atoms with E-state index in [0.717, 1.165) is 5.56 Å². The lowest BCUT2D eigenvalue weighted by Gasteiger charge is -2.13. The molecule has 0 amide bonds. The van der Waals surface area contributed by atoms with Crippen LogP contribution in [0, 0.1) is 13.8 Å². The smallest absolute Gasteiger partial charge is 0.0577 e. The van der Waals surface area contributed by atoms with Crippen molar-refractivity contribution in [1.82, 2.24) is 0 Å². The third-order valence-electron chi connectivity index (χ3n) is 2.84. The predicted octanol–water partition coefficient (Wildman–Crippen LogP) is 1.70. The van der Waals surface area contributed by atoms with Crippen molar-refractivity contribution in [3.8, 4) is 0 Å². The van der Waals surface area contributed by atoms with Crippen molar-refractivity contribution in [1.29, 1.82) is 0 Å². The number of benzene rings is 1. The molecule has 0 fully saturated rings. The maximum Gasteiger partial charge on any atom is 0.0577 e. The van der Waals surface area contributed by atoms with Gasteiger partial charge in [-0.3, -0.25) is 4.21 Å². The Hall–Kier alpha value is -0.710. The van der Waals surface area contributed by atoms with Gasteiger partial charge in [0, 0.05) is 35.5 Å². The zero-order valence-corrected chi connectivity index (χ0v) is 11.5. The fraction of sp³-hybridized carbons (Fsp3) is 0.538. The van der Waals surface area contributed by atoms with E-state index in [-0.39, 0.29) is 6.04 Å². The van der Waals surface area contributed by atoms with Gasteiger partial charge in [-0.1, -0.05) is 18.2 Å². The van der Waals surface area contributed by atoms with E-state index < -0.39 is 10.8 Å². The van der Waals surface area contributed by atoms with Crippen LogP contribution in [0.2, 0.25) is 0 Å². The van der Waals surface area contributed by atoms with E-state index in [1.165, 1.54) is 11.1 Å². The molecular formula is C13H21NO2S. The van der Waals surface area contributed by atoms with E-state index in [1.54, 1.807) is 7.11 Å². The molecule has 2 N–H and O–H groups in total. The third kappa shape index (κ3) is 4.58. The Morgan fingerprint density at radius 3 is 2.65 bits per heavy atom. The number of nitrogens with two attached hydrogens (primary N) is 1. The predicted molar refractivity (Wildman–Crippen MR) is 72.6 cm³/mol. The summed E-state index contributed by atoms with van der Waals surface area (Å²) in [6.07, 6.45) is 0. The average molecular weight is 255 g/mol. The van der Waals surface area contributed by atoms with Crippen molar-refractivity contribution in [3.05, 3.63) is 34.9 Å². The van der Waals surface area contributed by atoms with E-state index >= 15 is 0 Å². The number of rotatable bonds is 6. The maximum absolute atomic E-state index is 11.7. The Kier molecular flexibility index (Phi) is 5.82. The lowest BCUT2D eigenvalue weighted by molar-refractivity contribution is 0.218. The molecule has 4 heteroatoms. The van der Waals surface area contributed by atoms with Gasteiger partial charge in [0.25, 0.3) is 0 Å². The summed E-state index contributed by atoms with van der Waals surface area (Å²) >= 11 is 0. The molecule has 1 rings (SSSR count). The van der Waals surface area contributed by atoms with Crippen LogP contribution in [0.4, 0.5) is 0 Å². The Morgan fingerprint density at radius 1 is 1.35 bits per heavy atom. The molecule has 3 nitrogen and oxygen atoms in total. The highest BCUT2D eigenvalue weighted by Gasteiger charge is 2.11. The zero-order chi connectivity index (χ0) is 12.8. The van der Waals surface area contributed by atoms with E-state index in [9.17, 15) is 4.21 Å². The second-order valence-corrected chi connectivity index (χ2v) is 5.87. The van der Waals surface area contributed by atoms with Crippen molar-refractivity contribution in [3.63, 3.8) is 0 Å². The first kappa shape index (κ1) is 14.4. The van der Waals surface area contributed by atoms with E-state index in [1.807, 2.05) is 6.07 Å². The molecule has 0 saturated heterocycles. The molecule has 0 spiro atoms. The molecular weight excluding hydrogens is 234 g/mol. The van der Waals surface area contributed by atoms with Crippen LogP contribution >= 0.6 is 0 Å². The molecule has 1 aromatic carbocycles. The molecule has 0 aromatic heterocycles. The van der Waals surface area contributed by atoms with Crippen molar-refractivity contribution < 1.29 is 8.95 Å². The van der Waals surface area contributed by atoms with Crippen LogP contribution in [-0.2, 0) is 15.5 Å². The molecule has 0 aliphatic heterocycles. The van der Waals surface area contributed by atoms with Crippen LogP contribution in [0.5, 0.6) is 0 Å². The summed E-state index contributed by atoms with van der Waals surface area (Å²) in [5, 5.41) is 0. The van der Waals surface area contributed by atoms with Gasteiger partial charge >= 0.3 is 0 Å². The van der Waals surface area contributed by atoms with Gasteiger partial charge in [0.1, 0.15) is 0 Å². The normalized spacial score (nSPS) is 14.6. The Balaban J connectivity index is 2.60. The molecule has 17 heavy (non-hydrogen) atoms. The average Bonchev–Trinajstić information content (AvgIpc) is 2.30. The lowest BCUT2D eigenvalue weighted by atomic mass is 10.0. The topological polar surface area (TPSA) is 52.3 Å². The number of aryl methyl sites for hydroxylation is 2. The molecule has 96 valence electrons. The highest BCUT2D eigenvalue weighted by atomic mass is 32.2. The fourth-order valence-electron chi connectivity index (χ4n) is 1.55. The van der Waals surface area contributed by atoms with E-state index in [4.69, 9.17) is 10.5 Å². The van der Waals surface area contributed by atoms with E-state index in [2.05, 4.69) is 26.0 Å². The molecule has 2 unspecified atom stereocenters. The molecule has 0 radical (unpaired) electrons. The molecule has 0 bridgehead atoms. The van der Waals surface area contributed by atoms with Crippen LogP contribution in [0.3, 0.4) is 0 Å². The largest absolute Gasteiger partial charge is 0.384 e. The fourth-order valence-corrected chi connectivity index (χ4v) is 2.66. The summed E-state index contributed by atoms with van der Waals surface area (Å²) in [5.41, 5.74) is 9.58. The molecule has 1 aromatic rings. The minimum atomic E-state index is -0.912.